The van der Waals surface area contributed by atoms with Crippen LogP contribution in [0.2, 0.25) is 0 Å². The minimum Gasteiger partial charge on any atom is -0.379 e. The van der Waals surface area contributed by atoms with Gasteiger partial charge in [0.15, 0.2) is 0 Å². The number of thiophene rings is 1. The van der Waals surface area contributed by atoms with Crippen LogP contribution in [-0.4, -0.2) is 43.7 Å². The van der Waals surface area contributed by atoms with Gasteiger partial charge in [-0.25, -0.2) is 4.39 Å². The fraction of sp³-hybridized carbons (Fsp3) is 0.353. The maximum absolute atomic E-state index is 13.2. The van der Waals surface area contributed by atoms with Crippen LogP contribution in [0.4, 0.5) is 4.39 Å². The van der Waals surface area contributed by atoms with Gasteiger partial charge in [0.25, 0.3) is 5.91 Å². The van der Waals surface area contributed by atoms with Crippen molar-refractivity contribution in [3.63, 3.8) is 0 Å². The number of rotatable bonds is 5. The molecule has 0 aliphatic carbocycles. The molecule has 0 unspecified atom stereocenters. The third kappa shape index (κ3) is 4.16. The minimum absolute atomic E-state index is 0.114. The SMILES string of the molecule is O=C(NC[C@H](c1ccsc1)N1CCOCC1)c1cccc(F)c1. The van der Waals surface area contributed by atoms with Gasteiger partial charge in [0, 0.05) is 25.2 Å². The quantitative estimate of drug-likeness (QED) is 0.914. The molecule has 0 bridgehead atoms. The predicted octanol–water partition coefficient (Wildman–Crippen LogP) is 2.69. The topological polar surface area (TPSA) is 41.6 Å². The molecule has 1 aliphatic rings. The number of carbonyl (C=O) groups is 1. The molecule has 0 radical (unpaired) electrons. The maximum atomic E-state index is 13.2. The zero-order valence-corrected chi connectivity index (χ0v) is 13.5. The fourth-order valence-electron chi connectivity index (χ4n) is 2.73. The van der Waals surface area contributed by atoms with Gasteiger partial charge >= 0.3 is 0 Å². The normalized spacial score (nSPS) is 16.9. The van der Waals surface area contributed by atoms with Gasteiger partial charge < -0.3 is 10.1 Å². The van der Waals surface area contributed by atoms with Crippen LogP contribution in [0, 0.1) is 5.82 Å². The van der Waals surface area contributed by atoms with E-state index in [1.165, 1.54) is 17.7 Å². The summed E-state index contributed by atoms with van der Waals surface area (Å²) in [6, 6.07) is 7.94. The molecular formula is C17H19FN2O2S. The van der Waals surface area contributed by atoms with Crippen LogP contribution in [0.15, 0.2) is 41.1 Å². The van der Waals surface area contributed by atoms with E-state index in [4.69, 9.17) is 4.74 Å². The van der Waals surface area contributed by atoms with Gasteiger partial charge in [-0.1, -0.05) is 6.07 Å². The second kappa shape index (κ2) is 7.68. The number of carbonyl (C=O) groups excluding carboxylic acids is 1. The Bertz CT molecular complexity index is 642. The summed E-state index contributed by atoms with van der Waals surface area (Å²) in [5.41, 5.74) is 1.53. The van der Waals surface area contributed by atoms with Gasteiger partial charge in [0.05, 0.1) is 19.3 Å². The molecule has 1 fully saturated rings. The molecule has 0 spiro atoms. The lowest BCUT2D eigenvalue weighted by Gasteiger charge is -2.34. The zero-order valence-electron chi connectivity index (χ0n) is 12.7. The van der Waals surface area contributed by atoms with E-state index in [2.05, 4.69) is 21.7 Å². The number of nitrogens with one attached hydrogen (secondary N) is 1. The molecule has 1 N–H and O–H groups in total. The summed E-state index contributed by atoms with van der Waals surface area (Å²) in [6.07, 6.45) is 0. The third-order valence-corrected chi connectivity index (χ3v) is 4.66. The van der Waals surface area contributed by atoms with Gasteiger partial charge in [-0.15, -0.1) is 0 Å². The first-order valence-corrected chi connectivity index (χ1v) is 8.56. The van der Waals surface area contributed by atoms with E-state index in [0.717, 1.165) is 13.1 Å². The average molecular weight is 334 g/mol. The van der Waals surface area contributed by atoms with Gasteiger partial charge in [-0.05, 0) is 40.6 Å². The van der Waals surface area contributed by atoms with Crippen LogP contribution >= 0.6 is 11.3 Å². The Labute approximate surface area is 138 Å². The highest BCUT2D eigenvalue weighted by molar-refractivity contribution is 7.07. The number of hydrogen-bond donors (Lipinski definition) is 1. The number of halogens is 1. The monoisotopic (exact) mass is 334 g/mol. The Morgan fingerprint density at radius 1 is 1.35 bits per heavy atom. The number of morpholine rings is 1. The highest BCUT2D eigenvalue weighted by atomic mass is 32.1. The molecule has 4 nitrogen and oxygen atoms in total. The molecule has 1 aromatic carbocycles. The van der Waals surface area contributed by atoms with Crippen molar-refractivity contribution in [1.29, 1.82) is 0 Å². The van der Waals surface area contributed by atoms with Crippen molar-refractivity contribution in [2.24, 2.45) is 0 Å². The molecule has 6 heteroatoms. The van der Waals surface area contributed by atoms with Crippen LogP contribution in [0.3, 0.4) is 0 Å². The van der Waals surface area contributed by atoms with Crippen LogP contribution < -0.4 is 5.32 Å². The predicted molar refractivity (Wildman–Crippen MR) is 88.2 cm³/mol. The summed E-state index contributed by atoms with van der Waals surface area (Å²) in [6.45, 7) is 3.59. The zero-order chi connectivity index (χ0) is 16.1. The number of benzene rings is 1. The first-order chi connectivity index (χ1) is 11.2. The summed E-state index contributed by atoms with van der Waals surface area (Å²) < 4.78 is 18.6. The number of amides is 1. The largest absolute Gasteiger partial charge is 0.379 e. The van der Waals surface area contributed by atoms with E-state index in [-0.39, 0.29) is 11.9 Å². The summed E-state index contributed by atoms with van der Waals surface area (Å²) in [5, 5.41) is 7.07. The van der Waals surface area contributed by atoms with Crippen LogP contribution in [-0.2, 0) is 4.74 Å². The van der Waals surface area contributed by atoms with E-state index in [9.17, 15) is 9.18 Å². The third-order valence-electron chi connectivity index (χ3n) is 3.96. The van der Waals surface area contributed by atoms with E-state index >= 15 is 0 Å². The van der Waals surface area contributed by atoms with Crippen molar-refractivity contribution in [1.82, 2.24) is 10.2 Å². The standard InChI is InChI=1S/C17H19FN2O2S/c18-15-3-1-2-13(10-15)17(21)19-11-16(14-4-9-23-12-14)20-5-7-22-8-6-20/h1-4,9-10,12,16H,5-8,11H2,(H,19,21)/t16-/m1/s1. The Kier molecular flexibility index (Phi) is 5.38. The molecule has 122 valence electrons. The van der Waals surface area contributed by atoms with Gasteiger partial charge in [0.1, 0.15) is 5.82 Å². The van der Waals surface area contributed by atoms with Crippen LogP contribution in [0.5, 0.6) is 0 Å². The average Bonchev–Trinajstić information content (AvgIpc) is 3.10. The van der Waals surface area contributed by atoms with Crippen molar-refractivity contribution in [3.8, 4) is 0 Å². The van der Waals surface area contributed by atoms with Crippen molar-refractivity contribution in [2.75, 3.05) is 32.8 Å². The highest BCUT2D eigenvalue weighted by Crippen LogP contribution is 2.23. The van der Waals surface area contributed by atoms with Crippen LogP contribution in [0.1, 0.15) is 22.0 Å². The Hall–Kier alpha value is -1.76. The van der Waals surface area contributed by atoms with Crippen molar-refractivity contribution >= 4 is 17.2 Å². The number of hydrogen-bond acceptors (Lipinski definition) is 4. The lowest BCUT2D eigenvalue weighted by Crippen LogP contribution is -2.43. The van der Waals surface area contributed by atoms with Crippen molar-refractivity contribution in [2.45, 2.75) is 6.04 Å². The molecule has 1 saturated heterocycles. The Balaban J connectivity index is 1.67. The molecule has 2 heterocycles. The molecule has 2 aromatic rings. The van der Waals surface area contributed by atoms with Crippen molar-refractivity contribution in [3.05, 3.63) is 58.0 Å². The number of nitrogens with zero attached hydrogens (tertiary/aromatic N) is 1. The first-order valence-electron chi connectivity index (χ1n) is 7.62. The smallest absolute Gasteiger partial charge is 0.251 e. The molecule has 1 amide bonds. The van der Waals surface area contributed by atoms with E-state index in [0.29, 0.717) is 25.3 Å². The molecule has 1 aromatic heterocycles. The van der Waals surface area contributed by atoms with Gasteiger partial charge in [0.2, 0.25) is 0 Å². The molecule has 0 saturated carbocycles. The lowest BCUT2D eigenvalue weighted by molar-refractivity contribution is 0.0163. The summed E-state index contributed by atoms with van der Waals surface area (Å²) in [5.74, 6) is -0.654. The molecule has 3 rings (SSSR count). The van der Waals surface area contributed by atoms with E-state index < -0.39 is 5.82 Å². The fourth-order valence-corrected chi connectivity index (χ4v) is 3.44. The minimum atomic E-state index is -0.403. The molecule has 23 heavy (non-hydrogen) atoms. The van der Waals surface area contributed by atoms with E-state index in [1.54, 1.807) is 23.5 Å². The Morgan fingerprint density at radius 3 is 2.87 bits per heavy atom. The molecule has 1 aliphatic heterocycles. The van der Waals surface area contributed by atoms with Crippen molar-refractivity contribution < 1.29 is 13.9 Å². The summed E-state index contributed by atoms with van der Waals surface area (Å²) >= 11 is 1.64. The summed E-state index contributed by atoms with van der Waals surface area (Å²) in [7, 11) is 0. The molecular weight excluding hydrogens is 315 g/mol. The second-order valence-electron chi connectivity index (χ2n) is 5.44. The lowest BCUT2D eigenvalue weighted by atomic mass is 10.1. The van der Waals surface area contributed by atoms with Gasteiger partial charge in [-0.3, -0.25) is 9.69 Å². The first kappa shape index (κ1) is 16.1. The highest BCUT2D eigenvalue weighted by Gasteiger charge is 2.23. The van der Waals surface area contributed by atoms with E-state index in [1.807, 2.05) is 5.38 Å². The van der Waals surface area contributed by atoms with Gasteiger partial charge in [-0.2, -0.15) is 11.3 Å². The summed E-state index contributed by atoms with van der Waals surface area (Å²) in [4.78, 5) is 14.6. The molecule has 1 atom stereocenters. The van der Waals surface area contributed by atoms with Crippen LogP contribution in [0.25, 0.3) is 0 Å². The Morgan fingerprint density at radius 2 is 2.17 bits per heavy atom. The second-order valence-corrected chi connectivity index (χ2v) is 6.22. The maximum Gasteiger partial charge on any atom is 0.251 e. The number of ether oxygens (including phenoxy) is 1.